The van der Waals surface area contributed by atoms with Crippen LogP contribution in [0.15, 0.2) is 10.6 Å². The molecular formula is C7H11ClN2O3. The van der Waals surface area contributed by atoms with E-state index in [0.29, 0.717) is 12.4 Å². The van der Waals surface area contributed by atoms with Crippen LogP contribution >= 0.6 is 12.4 Å². The SMILES string of the molecule is CCOC(=O)c1ncc(CN)o1.Cl. The van der Waals surface area contributed by atoms with Gasteiger partial charge >= 0.3 is 11.9 Å². The van der Waals surface area contributed by atoms with Crippen LogP contribution in [0.5, 0.6) is 0 Å². The van der Waals surface area contributed by atoms with E-state index in [9.17, 15) is 4.79 Å². The van der Waals surface area contributed by atoms with Gasteiger partial charge in [-0.05, 0) is 6.92 Å². The van der Waals surface area contributed by atoms with Gasteiger partial charge in [0.05, 0.1) is 19.3 Å². The first-order valence-electron chi connectivity index (χ1n) is 3.59. The average Bonchev–Trinajstić information content (AvgIpc) is 2.52. The second kappa shape index (κ2) is 5.55. The summed E-state index contributed by atoms with van der Waals surface area (Å²) in [5, 5.41) is 0. The molecule has 74 valence electrons. The number of ether oxygens (including phenoxy) is 1. The van der Waals surface area contributed by atoms with Gasteiger partial charge in [0.15, 0.2) is 0 Å². The summed E-state index contributed by atoms with van der Waals surface area (Å²) in [6, 6.07) is 0. The van der Waals surface area contributed by atoms with Crippen molar-refractivity contribution in [1.29, 1.82) is 0 Å². The zero-order valence-corrected chi connectivity index (χ0v) is 7.97. The summed E-state index contributed by atoms with van der Waals surface area (Å²) in [5.41, 5.74) is 5.25. The third-order valence-corrected chi connectivity index (χ3v) is 1.20. The number of hydrogen-bond donors (Lipinski definition) is 1. The standard InChI is InChI=1S/C7H10N2O3.ClH/c1-2-11-7(10)6-9-4-5(3-8)12-6;/h4H,2-3,8H2,1H3;1H. The van der Waals surface area contributed by atoms with Crippen molar-refractivity contribution < 1.29 is 13.9 Å². The highest BCUT2D eigenvalue weighted by Gasteiger charge is 2.12. The van der Waals surface area contributed by atoms with E-state index in [0.717, 1.165) is 0 Å². The predicted octanol–water partition coefficient (Wildman–Crippen LogP) is 0.732. The highest BCUT2D eigenvalue weighted by atomic mass is 35.5. The molecule has 5 nitrogen and oxygen atoms in total. The molecule has 0 fully saturated rings. The van der Waals surface area contributed by atoms with E-state index in [1.807, 2.05) is 0 Å². The Balaban J connectivity index is 0.00000144. The normalized spacial score (nSPS) is 9.08. The van der Waals surface area contributed by atoms with Crippen LogP contribution in [0.4, 0.5) is 0 Å². The van der Waals surface area contributed by atoms with E-state index in [4.69, 9.17) is 10.2 Å². The maximum absolute atomic E-state index is 11.0. The Labute approximate surface area is 81.7 Å². The number of aromatic nitrogens is 1. The van der Waals surface area contributed by atoms with Gasteiger partial charge in [-0.3, -0.25) is 0 Å². The van der Waals surface area contributed by atoms with Crippen LogP contribution in [0.3, 0.4) is 0 Å². The predicted molar refractivity (Wildman–Crippen MR) is 47.6 cm³/mol. The molecule has 0 radical (unpaired) electrons. The van der Waals surface area contributed by atoms with E-state index in [-0.39, 0.29) is 24.8 Å². The Kier molecular flexibility index (Phi) is 5.10. The summed E-state index contributed by atoms with van der Waals surface area (Å²) in [6.07, 6.45) is 1.41. The molecule has 13 heavy (non-hydrogen) atoms. The van der Waals surface area contributed by atoms with Gasteiger partial charge in [0.2, 0.25) is 0 Å². The van der Waals surface area contributed by atoms with Crippen LogP contribution in [-0.2, 0) is 11.3 Å². The van der Waals surface area contributed by atoms with Crippen molar-refractivity contribution in [3.8, 4) is 0 Å². The third kappa shape index (κ3) is 3.04. The van der Waals surface area contributed by atoms with Crippen molar-refractivity contribution in [2.45, 2.75) is 13.5 Å². The molecule has 1 rings (SSSR count). The highest BCUT2D eigenvalue weighted by Crippen LogP contribution is 2.03. The summed E-state index contributed by atoms with van der Waals surface area (Å²) in [6.45, 7) is 2.25. The van der Waals surface area contributed by atoms with Crippen molar-refractivity contribution >= 4 is 18.4 Å². The number of nitrogens with two attached hydrogens (primary N) is 1. The molecule has 1 aromatic rings. The number of carbonyl (C=O) groups excluding carboxylic acids is 1. The molecule has 0 saturated carbocycles. The molecule has 0 aliphatic carbocycles. The fourth-order valence-electron chi connectivity index (χ4n) is 0.689. The number of oxazole rings is 1. The number of halogens is 1. The maximum atomic E-state index is 11.0. The number of rotatable bonds is 3. The van der Waals surface area contributed by atoms with Gasteiger partial charge in [-0.15, -0.1) is 12.4 Å². The second-order valence-corrected chi connectivity index (χ2v) is 2.06. The zero-order valence-electron chi connectivity index (χ0n) is 7.15. The minimum Gasteiger partial charge on any atom is -0.459 e. The van der Waals surface area contributed by atoms with Crippen LogP contribution in [0.1, 0.15) is 23.4 Å². The molecule has 0 spiro atoms. The number of nitrogens with zero attached hydrogens (tertiary/aromatic N) is 1. The van der Waals surface area contributed by atoms with E-state index in [1.54, 1.807) is 6.92 Å². The molecule has 0 atom stereocenters. The van der Waals surface area contributed by atoms with Crippen molar-refractivity contribution in [2.24, 2.45) is 5.73 Å². The van der Waals surface area contributed by atoms with Crippen LogP contribution in [0, 0.1) is 0 Å². The number of esters is 1. The molecule has 0 bridgehead atoms. The Morgan fingerprint density at radius 3 is 2.92 bits per heavy atom. The summed E-state index contributed by atoms with van der Waals surface area (Å²) >= 11 is 0. The van der Waals surface area contributed by atoms with Gasteiger partial charge in [-0.1, -0.05) is 0 Å². The maximum Gasteiger partial charge on any atom is 0.394 e. The van der Waals surface area contributed by atoms with Crippen LogP contribution in [0.2, 0.25) is 0 Å². The third-order valence-electron chi connectivity index (χ3n) is 1.20. The molecule has 0 aliphatic heterocycles. The lowest BCUT2D eigenvalue weighted by Gasteiger charge is -1.94. The smallest absolute Gasteiger partial charge is 0.394 e. The van der Waals surface area contributed by atoms with Crippen molar-refractivity contribution in [3.63, 3.8) is 0 Å². The molecule has 0 saturated heterocycles. The van der Waals surface area contributed by atoms with Crippen LogP contribution in [0.25, 0.3) is 0 Å². The van der Waals surface area contributed by atoms with Gasteiger partial charge < -0.3 is 14.9 Å². The van der Waals surface area contributed by atoms with Crippen molar-refractivity contribution in [1.82, 2.24) is 4.98 Å². The van der Waals surface area contributed by atoms with Gasteiger partial charge in [0.1, 0.15) is 5.76 Å². The van der Waals surface area contributed by atoms with Gasteiger partial charge in [-0.25, -0.2) is 9.78 Å². The lowest BCUT2D eigenvalue weighted by molar-refractivity contribution is 0.0479. The van der Waals surface area contributed by atoms with E-state index in [1.165, 1.54) is 6.20 Å². The molecule has 2 N–H and O–H groups in total. The lowest BCUT2D eigenvalue weighted by Crippen LogP contribution is -2.04. The number of carbonyl (C=O) groups is 1. The van der Waals surface area contributed by atoms with E-state index >= 15 is 0 Å². The molecule has 0 aliphatic rings. The molecule has 0 unspecified atom stereocenters. The molecule has 1 heterocycles. The first-order chi connectivity index (χ1) is 5.77. The Hall–Kier alpha value is -1.07. The molecule has 1 aromatic heterocycles. The Morgan fingerprint density at radius 2 is 2.46 bits per heavy atom. The summed E-state index contributed by atoms with van der Waals surface area (Å²) in [5.74, 6) is -0.132. The van der Waals surface area contributed by atoms with Crippen molar-refractivity contribution in [2.75, 3.05) is 6.61 Å². The second-order valence-electron chi connectivity index (χ2n) is 2.06. The first-order valence-corrected chi connectivity index (χ1v) is 3.59. The first kappa shape index (κ1) is 11.9. The van der Waals surface area contributed by atoms with Gasteiger partial charge in [-0.2, -0.15) is 0 Å². The molecule has 6 heteroatoms. The van der Waals surface area contributed by atoms with Gasteiger partial charge in [0, 0.05) is 0 Å². The Morgan fingerprint density at radius 1 is 1.77 bits per heavy atom. The zero-order chi connectivity index (χ0) is 8.97. The van der Waals surface area contributed by atoms with Gasteiger partial charge in [0.25, 0.3) is 0 Å². The monoisotopic (exact) mass is 206 g/mol. The topological polar surface area (TPSA) is 78.3 Å². The minimum atomic E-state index is -0.558. The quantitative estimate of drug-likeness (QED) is 0.738. The fourth-order valence-corrected chi connectivity index (χ4v) is 0.689. The van der Waals surface area contributed by atoms with Crippen LogP contribution in [-0.4, -0.2) is 17.6 Å². The molecule has 0 amide bonds. The summed E-state index contributed by atoms with van der Waals surface area (Å²) in [4.78, 5) is 14.6. The molecule has 0 aromatic carbocycles. The molecular weight excluding hydrogens is 196 g/mol. The van der Waals surface area contributed by atoms with Crippen molar-refractivity contribution in [3.05, 3.63) is 17.8 Å². The lowest BCUT2D eigenvalue weighted by atomic mass is 10.5. The largest absolute Gasteiger partial charge is 0.459 e. The number of hydrogen-bond acceptors (Lipinski definition) is 5. The summed E-state index contributed by atoms with van der Waals surface area (Å²) in [7, 11) is 0. The summed E-state index contributed by atoms with van der Waals surface area (Å²) < 4.78 is 9.59. The van der Waals surface area contributed by atoms with E-state index < -0.39 is 5.97 Å². The minimum absolute atomic E-state index is 0. The Bertz CT molecular complexity index is 274. The van der Waals surface area contributed by atoms with E-state index in [2.05, 4.69) is 9.72 Å². The fraction of sp³-hybridized carbons (Fsp3) is 0.429. The van der Waals surface area contributed by atoms with Crippen LogP contribution < -0.4 is 5.73 Å². The average molecular weight is 207 g/mol. The highest BCUT2D eigenvalue weighted by molar-refractivity contribution is 5.85.